The van der Waals surface area contributed by atoms with Crippen LogP contribution in [0, 0.1) is 5.92 Å². The first-order chi connectivity index (χ1) is 9.47. The molecule has 1 N–H and O–H groups in total. The van der Waals surface area contributed by atoms with Crippen molar-refractivity contribution in [2.45, 2.75) is 26.9 Å². The maximum Gasteiger partial charge on any atom is 0.287 e. The van der Waals surface area contributed by atoms with Gasteiger partial charge in [0.25, 0.3) is 5.56 Å². The highest BCUT2D eigenvalue weighted by molar-refractivity contribution is 7.16. The molecular formula is C13H15Cl2N3OS. The quantitative estimate of drug-likeness (QED) is 0.904. The van der Waals surface area contributed by atoms with Crippen molar-refractivity contribution >= 4 is 40.2 Å². The van der Waals surface area contributed by atoms with Gasteiger partial charge in [-0.25, -0.2) is 4.68 Å². The summed E-state index contributed by atoms with van der Waals surface area (Å²) >= 11 is 13.4. The van der Waals surface area contributed by atoms with Gasteiger partial charge in [-0.3, -0.25) is 4.79 Å². The van der Waals surface area contributed by atoms with E-state index in [9.17, 15) is 4.79 Å². The Bertz CT molecular complexity index is 651. The molecule has 2 aromatic rings. The van der Waals surface area contributed by atoms with Crippen LogP contribution in [-0.2, 0) is 13.1 Å². The van der Waals surface area contributed by atoms with Crippen molar-refractivity contribution in [2.24, 2.45) is 5.92 Å². The normalized spacial score (nSPS) is 11.1. The molecule has 0 aliphatic carbocycles. The first-order valence-corrected chi connectivity index (χ1v) is 7.78. The Morgan fingerprint density at radius 3 is 2.75 bits per heavy atom. The molecule has 0 saturated heterocycles. The van der Waals surface area contributed by atoms with Crippen molar-refractivity contribution < 1.29 is 0 Å². The second-order valence-corrected chi connectivity index (χ2v) is 6.99. The molecular weight excluding hydrogens is 317 g/mol. The molecule has 0 amide bonds. The zero-order valence-electron chi connectivity index (χ0n) is 11.2. The highest BCUT2D eigenvalue weighted by Crippen LogP contribution is 2.23. The number of thiophene rings is 1. The molecule has 0 fully saturated rings. The fourth-order valence-electron chi connectivity index (χ4n) is 1.69. The molecule has 0 aliphatic rings. The molecule has 20 heavy (non-hydrogen) atoms. The maximum atomic E-state index is 12.1. The molecule has 0 bridgehead atoms. The first-order valence-electron chi connectivity index (χ1n) is 6.21. The number of hydrogen-bond acceptors (Lipinski definition) is 4. The van der Waals surface area contributed by atoms with Crippen LogP contribution in [0.5, 0.6) is 0 Å². The number of anilines is 1. The van der Waals surface area contributed by atoms with Crippen LogP contribution in [0.25, 0.3) is 0 Å². The Hall–Kier alpha value is -1.04. The summed E-state index contributed by atoms with van der Waals surface area (Å²) in [6.45, 7) is 5.16. The standard InChI is InChI=1S/C13H15Cl2N3OS/c1-8(2)7-18-13(19)12(15)10(6-17-18)16-5-9-3-4-11(14)20-9/h3-4,6,8,16H,5,7H2,1-2H3. The molecule has 2 rings (SSSR count). The summed E-state index contributed by atoms with van der Waals surface area (Å²) < 4.78 is 2.12. The van der Waals surface area contributed by atoms with Gasteiger partial charge in [0.1, 0.15) is 5.02 Å². The van der Waals surface area contributed by atoms with Crippen molar-refractivity contribution in [2.75, 3.05) is 5.32 Å². The molecule has 0 aliphatic heterocycles. The fraction of sp³-hybridized carbons (Fsp3) is 0.385. The van der Waals surface area contributed by atoms with Gasteiger partial charge < -0.3 is 5.32 Å². The van der Waals surface area contributed by atoms with Crippen molar-refractivity contribution in [1.82, 2.24) is 9.78 Å². The summed E-state index contributed by atoms with van der Waals surface area (Å²) in [5.41, 5.74) is 0.274. The average Bonchev–Trinajstić information content (AvgIpc) is 2.79. The smallest absolute Gasteiger partial charge is 0.287 e. The molecule has 0 saturated carbocycles. The Kier molecular flexibility index (Phi) is 5.07. The summed E-state index contributed by atoms with van der Waals surface area (Å²) in [4.78, 5) is 13.1. The zero-order chi connectivity index (χ0) is 14.7. The van der Waals surface area contributed by atoms with Gasteiger partial charge in [0.15, 0.2) is 0 Å². The van der Waals surface area contributed by atoms with Gasteiger partial charge in [-0.05, 0) is 18.1 Å². The second-order valence-electron chi connectivity index (χ2n) is 4.81. The molecule has 0 atom stereocenters. The molecule has 2 aromatic heterocycles. The lowest BCUT2D eigenvalue weighted by Gasteiger charge is -2.11. The first kappa shape index (κ1) is 15.4. The van der Waals surface area contributed by atoms with Gasteiger partial charge in [0, 0.05) is 18.0 Å². The third kappa shape index (κ3) is 3.75. The van der Waals surface area contributed by atoms with E-state index >= 15 is 0 Å². The van der Waals surface area contributed by atoms with E-state index in [1.54, 1.807) is 6.20 Å². The Morgan fingerprint density at radius 1 is 1.40 bits per heavy atom. The van der Waals surface area contributed by atoms with Crippen LogP contribution in [0.3, 0.4) is 0 Å². The molecule has 0 spiro atoms. The van der Waals surface area contributed by atoms with Crippen LogP contribution in [0.1, 0.15) is 18.7 Å². The number of aromatic nitrogens is 2. The minimum absolute atomic E-state index is 0.170. The maximum absolute atomic E-state index is 12.1. The van der Waals surface area contributed by atoms with Gasteiger partial charge >= 0.3 is 0 Å². The molecule has 0 radical (unpaired) electrons. The van der Waals surface area contributed by atoms with Crippen LogP contribution >= 0.6 is 34.5 Å². The summed E-state index contributed by atoms with van der Waals surface area (Å²) in [5.74, 6) is 0.336. The summed E-state index contributed by atoms with van der Waals surface area (Å²) in [6.07, 6.45) is 1.58. The highest BCUT2D eigenvalue weighted by atomic mass is 35.5. The predicted molar refractivity (Wildman–Crippen MR) is 85.0 cm³/mol. The van der Waals surface area contributed by atoms with Crippen molar-refractivity contribution in [3.8, 4) is 0 Å². The van der Waals surface area contributed by atoms with E-state index < -0.39 is 0 Å². The Balaban J connectivity index is 2.13. The minimum Gasteiger partial charge on any atom is -0.377 e. The van der Waals surface area contributed by atoms with Gasteiger partial charge in [-0.2, -0.15) is 5.10 Å². The van der Waals surface area contributed by atoms with Gasteiger partial charge in [0.2, 0.25) is 0 Å². The summed E-state index contributed by atoms with van der Waals surface area (Å²) in [5, 5.41) is 7.41. The molecule has 0 aromatic carbocycles. The SMILES string of the molecule is CC(C)Cn1ncc(NCc2ccc(Cl)s2)c(Cl)c1=O. The number of halogens is 2. The number of hydrogen-bond donors (Lipinski definition) is 1. The monoisotopic (exact) mass is 331 g/mol. The Labute approximate surface area is 131 Å². The summed E-state index contributed by atoms with van der Waals surface area (Å²) in [7, 11) is 0. The van der Waals surface area contributed by atoms with Crippen LogP contribution in [0.4, 0.5) is 5.69 Å². The van der Waals surface area contributed by atoms with Gasteiger partial charge in [-0.1, -0.05) is 37.0 Å². The third-order valence-electron chi connectivity index (χ3n) is 2.60. The topological polar surface area (TPSA) is 46.9 Å². The number of nitrogens with one attached hydrogen (secondary N) is 1. The predicted octanol–water partition coefficient (Wildman–Crippen LogP) is 3.88. The molecule has 4 nitrogen and oxygen atoms in total. The van der Waals surface area contributed by atoms with Crippen LogP contribution in [-0.4, -0.2) is 9.78 Å². The minimum atomic E-state index is -0.269. The van der Waals surface area contributed by atoms with Gasteiger partial charge in [-0.15, -0.1) is 11.3 Å². The van der Waals surface area contributed by atoms with Crippen molar-refractivity contribution in [3.63, 3.8) is 0 Å². The van der Waals surface area contributed by atoms with E-state index in [1.807, 2.05) is 26.0 Å². The van der Waals surface area contributed by atoms with E-state index in [0.29, 0.717) is 24.7 Å². The van der Waals surface area contributed by atoms with Crippen LogP contribution in [0.2, 0.25) is 9.36 Å². The Morgan fingerprint density at radius 2 is 2.15 bits per heavy atom. The van der Waals surface area contributed by atoms with E-state index in [-0.39, 0.29) is 10.6 Å². The van der Waals surface area contributed by atoms with E-state index in [4.69, 9.17) is 23.2 Å². The molecule has 108 valence electrons. The lowest BCUT2D eigenvalue weighted by atomic mass is 10.2. The van der Waals surface area contributed by atoms with Crippen molar-refractivity contribution in [1.29, 1.82) is 0 Å². The van der Waals surface area contributed by atoms with Crippen molar-refractivity contribution in [3.05, 3.63) is 42.9 Å². The average molecular weight is 332 g/mol. The molecule has 2 heterocycles. The van der Waals surface area contributed by atoms with Crippen LogP contribution < -0.4 is 10.9 Å². The third-order valence-corrected chi connectivity index (χ3v) is 4.20. The highest BCUT2D eigenvalue weighted by Gasteiger charge is 2.10. The van der Waals surface area contributed by atoms with E-state index in [1.165, 1.54) is 16.0 Å². The molecule has 7 heteroatoms. The largest absolute Gasteiger partial charge is 0.377 e. The van der Waals surface area contributed by atoms with E-state index in [2.05, 4.69) is 10.4 Å². The number of nitrogens with zero attached hydrogens (tertiary/aromatic N) is 2. The summed E-state index contributed by atoms with van der Waals surface area (Å²) in [6, 6.07) is 3.77. The zero-order valence-corrected chi connectivity index (χ0v) is 13.5. The van der Waals surface area contributed by atoms with Gasteiger partial charge in [0.05, 0.1) is 16.2 Å². The number of rotatable bonds is 5. The molecule has 0 unspecified atom stereocenters. The lowest BCUT2D eigenvalue weighted by Crippen LogP contribution is -2.26. The fourth-order valence-corrected chi connectivity index (χ4v) is 2.93. The van der Waals surface area contributed by atoms with Crippen LogP contribution in [0.15, 0.2) is 23.1 Å². The lowest BCUT2D eigenvalue weighted by molar-refractivity contribution is 0.464. The van der Waals surface area contributed by atoms with E-state index in [0.717, 1.165) is 9.21 Å². The second kappa shape index (κ2) is 6.61.